The second-order valence-electron chi connectivity index (χ2n) is 4.74. The van der Waals surface area contributed by atoms with Crippen molar-refractivity contribution in [2.45, 2.75) is 13.0 Å². The van der Waals surface area contributed by atoms with Crippen molar-refractivity contribution in [1.82, 2.24) is 10.3 Å². The van der Waals surface area contributed by atoms with Gasteiger partial charge in [-0.15, -0.1) is 11.3 Å². The molecule has 1 atom stereocenters. The Bertz CT molecular complexity index is 751. The Balaban J connectivity index is 2.17. The third-order valence-electron chi connectivity index (χ3n) is 3.43. The molecule has 1 aromatic carbocycles. The Kier molecular flexibility index (Phi) is 3.87. The number of aryl methyl sites for hydroxylation is 1. The highest BCUT2D eigenvalue weighted by molar-refractivity contribution is 9.10. The lowest BCUT2D eigenvalue weighted by molar-refractivity contribution is 0.678. The van der Waals surface area contributed by atoms with Gasteiger partial charge in [0.05, 0.1) is 17.3 Å². The van der Waals surface area contributed by atoms with Gasteiger partial charge in [-0.2, -0.15) is 0 Å². The zero-order chi connectivity index (χ0) is 14.1. The number of halogens is 1. The molecule has 102 valence electrons. The lowest BCUT2D eigenvalue weighted by atomic mass is 10.1. The van der Waals surface area contributed by atoms with E-state index in [1.165, 1.54) is 10.4 Å². The molecule has 2 aromatic heterocycles. The maximum Gasteiger partial charge on any atom is 0.0857 e. The zero-order valence-electron chi connectivity index (χ0n) is 11.4. The van der Waals surface area contributed by atoms with Crippen molar-refractivity contribution in [2.24, 2.45) is 0 Å². The number of benzene rings is 1. The van der Waals surface area contributed by atoms with Crippen LogP contribution in [0.5, 0.6) is 0 Å². The van der Waals surface area contributed by atoms with Crippen LogP contribution in [0.4, 0.5) is 0 Å². The molecule has 0 bridgehead atoms. The Labute approximate surface area is 131 Å². The summed E-state index contributed by atoms with van der Waals surface area (Å²) < 4.78 is 1.04. The second kappa shape index (κ2) is 5.64. The minimum Gasteiger partial charge on any atom is -0.307 e. The Morgan fingerprint density at radius 3 is 2.75 bits per heavy atom. The Morgan fingerprint density at radius 1 is 1.25 bits per heavy atom. The van der Waals surface area contributed by atoms with Crippen LogP contribution in [-0.2, 0) is 0 Å². The molecular formula is C16H15BrN2S. The second-order valence-corrected chi connectivity index (χ2v) is 6.54. The molecule has 0 fully saturated rings. The molecule has 0 spiro atoms. The van der Waals surface area contributed by atoms with E-state index < -0.39 is 0 Å². The smallest absolute Gasteiger partial charge is 0.0857 e. The molecule has 1 N–H and O–H groups in total. The van der Waals surface area contributed by atoms with Gasteiger partial charge in [-0.05, 0) is 59.0 Å². The van der Waals surface area contributed by atoms with Gasteiger partial charge >= 0.3 is 0 Å². The predicted octanol–water partition coefficient (Wildman–Crippen LogP) is 4.68. The number of hydrogen-bond donors (Lipinski definition) is 1. The highest BCUT2D eigenvalue weighted by Crippen LogP contribution is 2.33. The largest absolute Gasteiger partial charge is 0.307 e. The maximum absolute atomic E-state index is 4.84. The van der Waals surface area contributed by atoms with Gasteiger partial charge in [0, 0.05) is 14.7 Å². The molecule has 0 aliphatic carbocycles. The molecule has 3 aromatic rings. The van der Waals surface area contributed by atoms with Crippen molar-refractivity contribution >= 4 is 38.2 Å². The number of para-hydroxylation sites is 1. The fourth-order valence-electron chi connectivity index (χ4n) is 2.38. The summed E-state index contributed by atoms with van der Waals surface area (Å²) in [6.07, 6.45) is 0. The summed E-state index contributed by atoms with van der Waals surface area (Å²) in [4.78, 5) is 6.16. The van der Waals surface area contributed by atoms with Gasteiger partial charge in [0.1, 0.15) is 0 Å². The molecule has 0 amide bonds. The maximum atomic E-state index is 4.84. The first-order valence-electron chi connectivity index (χ1n) is 6.47. The van der Waals surface area contributed by atoms with Crippen LogP contribution in [0.3, 0.4) is 0 Å². The predicted molar refractivity (Wildman–Crippen MR) is 89.4 cm³/mol. The first-order chi connectivity index (χ1) is 9.70. The van der Waals surface area contributed by atoms with Gasteiger partial charge in [-0.1, -0.05) is 18.2 Å². The molecule has 2 heterocycles. The van der Waals surface area contributed by atoms with E-state index in [1.807, 2.05) is 19.2 Å². The van der Waals surface area contributed by atoms with E-state index in [1.54, 1.807) is 11.3 Å². The summed E-state index contributed by atoms with van der Waals surface area (Å²) >= 11 is 5.44. The van der Waals surface area contributed by atoms with Crippen LogP contribution in [0.2, 0.25) is 0 Å². The van der Waals surface area contributed by atoms with E-state index in [4.69, 9.17) is 4.98 Å². The fourth-order valence-corrected chi connectivity index (χ4v) is 3.98. The van der Waals surface area contributed by atoms with E-state index in [-0.39, 0.29) is 6.04 Å². The van der Waals surface area contributed by atoms with Crippen molar-refractivity contribution in [2.75, 3.05) is 7.05 Å². The Morgan fingerprint density at radius 2 is 2.05 bits per heavy atom. The van der Waals surface area contributed by atoms with Crippen LogP contribution in [-0.4, -0.2) is 12.0 Å². The summed E-state index contributed by atoms with van der Waals surface area (Å²) in [5, 5.41) is 6.67. The lowest BCUT2D eigenvalue weighted by Gasteiger charge is -2.17. The quantitative estimate of drug-likeness (QED) is 0.744. The van der Waals surface area contributed by atoms with Crippen molar-refractivity contribution < 1.29 is 0 Å². The highest BCUT2D eigenvalue weighted by Gasteiger charge is 2.20. The highest BCUT2D eigenvalue weighted by atomic mass is 79.9. The molecule has 3 rings (SSSR count). The number of thiophene rings is 1. The summed E-state index contributed by atoms with van der Waals surface area (Å²) in [5.41, 5.74) is 3.37. The fraction of sp³-hybridized carbons (Fsp3) is 0.188. The number of fused-ring (bicyclic) bond motifs is 1. The molecule has 0 radical (unpaired) electrons. The lowest BCUT2D eigenvalue weighted by Crippen LogP contribution is -2.19. The summed E-state index contributed by atoms with van der Waals surface area (Å²) in [5.74, 6) is 0. The number of rotatable bonds is 3. The molecule has 20 heavy (non-hydrogen) atoms. The van der Waals surface area contributed by atoms with Crippen LogP contribution in [0.15, 0.2) is 46.3 Å². The van der Waals surface area contributed by atoms with Crippen LogP contribution >= 0.6 is 27.3 Å². The third kappa shape index (κ3) is 2.39. The van der Waals surface area contributed by atoms with Gasteiger partial charge in [0.15, 0.2) is 0 Å². The number of pyridine rings is 1. The summed E-state index contributed by atoms with van der Waals surface area (Å²) in [7, 11) is 1.98. The molecular weight excluding hydrogens is 332 g/mol. The number of hydrogen-bond acceptors (Lipinski definition) is 3. The third-order valence-corrected chi connectivity index (χ3v) is 5.15. The summed E-state index contributed by atoms with van der Waals surface area (Å²) in [6.45, 7) is 2.14. The minimum atomic E-state index is 0.119. The summed E-state index contributed by atoms with van der Waals surface area (Å²) in [6, 6.07) is 12.6. The monoisotopic (exact) mass is 346 g/mol. The van der Waals surface area contributed by atoms with Gasteiger partial charge in [-0.25, -0.2) is 4.98 Å². The van der Waals surface area contributed by atoms with Gasteiger partial charge < -0.3 is 5.32 Å². The SMILES string of the molecule is CNC(c1nc2ccccc2cc1Br)c1sccc1C. The molecule has 2 nitrogen and oxygen atoms in total. The van der Waals surface area contributed by atoms with Crippen LogP contribution < -0.4 is 5.32 Å². The van der Waals surface area contributed by atoms with Crippen LogP contribution in [0.25, 0.3) is 10.9 Å². The topological polar surface area (TPSA) is 24.9 Å². The molecule has 1 unspecified atom stereocenters. The van der Waals surface area contributed by atoms with E-state index in [0.717, 1.165) is 21.1 Å². The molecule has 0 aliphatic rings. The van der Waals surface area contributed by atoms with Crippen molar-refractivity contribution in [3.8, 4) is 0 Å². The van der Waals surface area contributed by atoms with Gasteiger partial charge in [0.2, 0.25) is 0 Å². The zero-order valence-corrected chi connectivity index (χ0v) is 13.8. The van der Waals surface area contributed by atoms with Gasteiger partial charge in [-0.3, -0.25) is 0 Å². The van der Waals surface area contributed by atoms with Crippen molar-refractivity contribution in [3.63, 3.8) is 0 Å². The number of nitrogens with one attached hydrogen (secondary N) is 1. The first kappa shape index (κ1) is 13.7. The molecule has 4 heteroatoms. The average Bonchev–Trinajstić information content (AvgIpc) is 2.87. The molecule has 0 saturated carbocycles. The molecule has 0 aliphatic heterocycles. The van der Waals surface area contributed by atoms with Crippen molar-refractivity contribution in [1.29, 1.82) is 0 Å². The van der Waals surface area contributed by atoms with E-state index in [9.17, 15) is 0 Å². The van der Waals surface area contributed by atoms with E-state index >= 15 is 0 Å². The molecule has 0 saturated heterocycles. The van der Waals surface area contributed by atoms with E-state index in [0.29, 0.717) is 0 Å². The van der Waals surface area contributed by atoms with E-state index in [2.05, 4.69) is 57.8 Å². The number of nitrogens with zero attached hydrogens (tertiary/aromatic N) is 1. The van der Waals surface area contributed by atoms with Crippen LogP contribution in [0, 0.1) is 6.92 Å². The van der Waals surface area contributed by atoms with Crippen LogP contribution in [0.1, 0.15) is 22.2 Å². The first-order valence-corrected chi connectivity index (χ1v) is 8.14. The number of aromatic nitrogens is 1. The van der Waals surface area contributed by atoms with Gasteiger partial charge in [0.25, 0.3) is 0 Å². The van der Waals surface area contributed by atoms with Crippen molar-refractivity contribution in [3.05, 3.63) is 62.4 Å². The Hall–Kier alpha value is -1.23. The normalized spacial score (nSPS) is 12.8. The standard InChI is InChI=1S/C16H15BrN2S/c1-10-7-8-20-16(10)15(18-2)14-12(17)9-11-5-3-4-6-13(11)19-14/h3-9,15,18H,1-2H3. The minimum absolute atomic E-state index is 0.119. The average molecular weight is 347 g/mol.